The number of carbonyl (C=O) groups is 2. The Bertz CT molecular complexity index is 1090. The van der Waals surface area contributed by atoms with Crippen molar-refractivity contribution in [1.82, 2.24) is 19.4 Å². The van der Waals surface area contributed by atoms with Gasteiger partial charge in [0.2, 0.25) is 0 Å². The molecule has 0 aliphatic heterocycles. The van der Waals surface area contributed by atoms with Crippen molar-refractivity contribution in [3.8, 4) is 11.4 Å². The monoisotopic (exact) mass is 397 g/mol. The molecule has 0 fully saturated rings. The number of benzene rings is 1. The van der Waals surface area contributed by atoms with Crippen LogP contribution in [0, 0.1) is 0 Å². The summed E-state index contributed by atoms with van der Waals surface area (Å²) >= 11 is 0. The Labute approximate surface area is 165 Å². The molecule has 0 bridgehead atoms. The molecule has 1 aromatic carbocycles. The first-order valence-corrected chi connectivity index (χ1v) is 8.61. The fraction of sp³-hybridized carbons (Fsp3) is 0.158. The first-order valence-electron chi connectivity index (χ1n) is 8.61. The third-order valence-corrected chi connectivity index (χ3v) is 4.24. The van der Waals surface area contributed by atoms with Gasteiger partial charge < -0.3 is 30.0 Å². The molecule has 0 aliphatic carbocycles. The minimum Gasteiger partial charge on any atom is -0.505 e. The molecule has 2 aromatic heterocycles. The normalized spacial score (nSPS) is 11.6. The number of rotatable bonds is 6. The van der Waals surface area contributed by atoms with E-state index in [4.69, 9.17) is 0 Å². The highest BCUT2D eigenvalue weighted by atomic mass is 16.4. The minimum absolute atomic E-state index is 0.297. The van der Waals surface area contributed by atoms with Gasteiger partial charge in [0.05, 0.1) is 18.8 Å². The largest absolute Gasteiger partial charge is 0.505 e. The lowest BCUT2D eigenvalue weighted by Gasteiger charge is -2.19. The molecule has 0 saturated carbocycles. The molecule has 3 aromatic rings. The molecule has 1 atom stereocenters. The van der Waals surface area contributed by atoms with E-state index in [9.17, 15) is 24.6 Å². The van der Waals surface area contributed by atoms with Crippen LogP contribution in [0.5, 0.6) is 5.75 Å². The number of carbonyl (C=O) groups excluding carboxylic acids is 1. The number of hydrogen-bond acceptors (Lipinski definition) is 5. The van der Waals surface area contributed by atoms with Gasteiger partial charge in [-0.15, -0.1) is 0 Å². The van der Waals surface area contributed by atoms with Crippen molar-refractivity contribution in [2.24, 2.45) is 7.05 Å². The van der Waals surface area contributed by atoms with Crippen LogP contribution in [0.15, 0.2) is 60.0 Å². The van der Waals surface area contributed by atoms with Gasteiger partial charge in [-0.25, -0.2) is 9.78 Å². The van der Waals surface area contributed by atoms with Gasteiger partial charge in [0, 0.05) is 31.3 Å². The molecule has 10 heteroatoms. The first kappa shape index (κ1) is 19.7. The standard InChI is InChI=1S/C19H19N5O5/c1-23-7-5-15(25)17(18(23)28)22-19(29)21-14(10-16(26)27)12-3-2-4-13(9-12)24-8-6-20-11-24/h2-9,11,14,25H,10H2,1H3,(H,26,27)(H2,21,22,29). The maximum absolute atomic E-state index is 12.4. The molecule has 1 unspecified atom stereocenters. The second-order valence-corrected chi connectivity index (χ2v) is 6.31. The third-order valence-electron chi connectivity index (χ3n) is 4.24. The van der Waals surface area contributed by atoms with Crippen LogP contribution in [0.4, 0.5) is 10.5 Å². The Morgan fingerprint density at radius 2 is 2.03 bits per heavy atom. The van der Waals surface area contributed by atoms with Crippen LogP contribution in [0.3, 0.4) is 0 Å². The molecular weight excluding hydrogens is 378 g/mol. The van der Waals surface area contributed by atoms with Crippen molar-refractivity contribution in [3.05, 3.63) is 71.2 Å². The molecule has 4 N–H and O–H groups in total. The van der Waals surface area contributed by atoms with Crippen LogP contribution >= 0.6 is 0 Å². The number of aliphatic carboxylic acids is 1. The summed E-state index contributed by atoms with van der Waals surface area (Å²) in [4.78, 5) is 39.8. The fourth-order valence-corrected chi connectivity index (χ4v) is 2.79. The number of pyridine rings is 1. The highest BCUT2D eigenvalue weighted by Gasteiger charge is 2.20. The summed E-state index contributed by atoms with van der Waals surface area (Å²) in [6.07, 6.45) is 5.92. The summed E-state index contributed by atoms with van der Waals surface area (Å²) in [5.41, 5.74) is 0.400. The van der Waals surface area contributed by atoms with Gasteiger partial charge in [0.15, 0.2) is 5.69 Å². The van der Waals surface area contributed by atoms with E-state index in [-0.39, 0.29) is 17.9 Å². The summed E-state index contributed by atoms with van der Waals surface area (Å²) < 4.78 is 2.94. The lowest BCUT2D eigenvalue weighted by Crippen LogP contribution is -2.36. The zero-order valence-corrected chi connectivity index (χ0v) is 15.4. The summed E-state index contributed by atoms with van der Waals surface area (Å²) in [6.45, 7) is 0. The van der Waals surface area contributed by atoms with Gasteiger partial charge in [-0.3, -0.25) is 9.59 Å². The predicted molar refractivity (Wildman–Crippen MR) is 104 cm³/mol. The Morgan fingerprint density at radius 3 is 2.72 bits per heavy atom. The second-order valence-electron chi connectivity index (χ2n) is 6.31. The SMILES string of the molecule is Cn1ccc(O)c(NC(=O)NC(CC(=O)O)c2cccc(-n3ccnc3)c2)c1=O. The second kappa shape index (κ2) is 8.30. The number of amides is 2. The van der Waals surface area contributed by atoms with Gasteiger partial charge in [-0.1, -0.05) is 12.1 Å². The molecule has 2 amide bonds. The lowest BCUT2D eigenvalue weighted by molar-refractivity contribution is -0.137. The fourth-order valence-electron chi connectivity index (χ4n) is 2.79. The molecule has 2 heterocycles. The molecule has 0 radical (unpaired) electrons. The highest BCUT2D eigenvalue weighted by Crippen LogP contribution is 2.21. The predicted octanol–water partition coefficient (Wildman–Crippen LogP) is 1.61. The number of urea groups is 1. The van der Waals surface area contributed by atoms with Crippen molar-refractivity contribution < 1.29 is 19.8 Å². The number of nitrogens with one attached hydrogen (secondary N) is 2. The molecule has 0 saturated heterocycles. The van der Waals surface area contributed by atoms with Crippen LogP contribution in [-0.4, -0.2) is 36.3 Å². The van der Waals surface area contributed by atoms with Crippen LogP contribution in [0.25, 0.3) is 5.69 Å². The summed E-state index contributed by atoms with van der Waals surface area (Å²) in [7, 11) is 1.47. The Balaban J connectivity index is 1.84. The molecule has 0 aliphatic rings. The molecule has 0 spiro atoms. The van der Waals surface area contributed by atoms with Crippen molar-refractivity contribution in [2.45, 2.75) is 12.5 Å². The molecule has 10 nitrogen and oxygen atoms in total. The van der Waals surface area contributed by atoms with Crippen LogP contribution in [0.2, 0.25) is 0 Å². The zero-order valence-electron chi connectivity index (χ0n) is 15.4. The summed E-state index contributed by atoms with van der Waals surface area (Å²) in [6, 6.07) is 6.54. The number of hydrogen-bond donors (Lipinski definition) is 4. The Kier molecular flexibility index (Phi) is 5.63. The molecular formula is C19H19N5O5. The maximum Gasteiger partial charge on any atom is 0.319 e. The minimum atomic E-state index is -1.11. The average Bonchev–Trinajstić information content (AvgIpc) is 3.22. The van der Waals surface area contributed by atoms with E-state index in [1.807, 2.05) is 6.07 Å². The molecule has 3 rings (SSSR count). The molecule has 150 valence electrons. The number of aromatic nitrogens is 3. The lowest BCUT2D eigenvalue weighted by atomic mass is 10.0. The van der Waals surface area contributed by atoms with Gasteiger partial charge in [0.1, 0.15) is 5.75 Å². The van der Waals surface area contributed by atoms with Crippen molar-refractivity contribution in [1.29, 1.82) is 0 Å². The van der Waals surface area contributed by atoms with Crippen molar-refractivity contribution in [2.75, 3.05) is 5.32 Å². The van der Waals surface area contributed by atoms with Crippen molar-refractivity contribution in [3.63, 3.8) is 0 Å². The third kappa shape index (κ3) is 4.61. The van der Waals surface area contributed by atoms with Gasteiger partial charge in [-0.05, 0) is 23.8 Å². The van der Waals surface area contributed by atoms with Gasteiger partial charge >= 0.3 is 12.0 Å². The van der Waals surface area contributed by atoms with E-state index >= 15 is 0 Å². The first-order chi connectivity index (χ1) is 13.8. The molecule has 29 heavy (non-hydrogen) atoms. The van der Waals surface area contributed by atoms with Crippen molar-refractivity contribution >= 4 is 17.7 Å². The van der Waals surface area contributed by atoms with Gasteiger partial charge in [0.25, 0.3) is 5.56 Å². The van der Waals surface area contributed by atoms with E-state index < -0.39 is 23.6 Å². The number of carboxylic acids is 1. The maximum atomic E-state index is 12.4. The summed E-state index contributed by atoms with van der Waals surface area (Å²) in [5, 5.41) is 23.9. The van der Waals surface area contributed by atoms with E-state index in [0.717, 1.165) is 5.69 Å². The summed E-state index contributed by atoms with van der Waals surface area (Å²) in [5.74, 6) is -1.50. The van der Waals surface area contributed by atoms with Crippen LogP contribution in [0.1, 0.15) is 18.0 Å². The van der Waals surface area contributed by atoms with Crippen LogP contribution in [-0.2, 0) is 11.8 Å². The topological polar surface area (TPSA) is 138 Å². The zero-order chi connectivity index (χ0) is 21.0. The number of aromatic hydroxyl groups is 1. The number of imidazole rings is 1. The number of aryl methyl sites for hydroxylation is 1. The highest BCUT2D eigenvalue weighted by molar-refractivity contribution is 5.91. The van der Waals surface area contributed by atoms with E-state index in [0.29, 0.717) is 5.56 Å². The Hall–Kier alpha value is -4.08. The van der Waals surface area contributed by atoms with Gasteiger partial charge in [-0.2, -0.15) is 0 Å². The van der Waals surface area contributed by atoms with E-state index in [1.54, 1.807) is 41.5 Å². The average molecular weight is 397 g/mol. The quantitative estimate of drug-likeness (QED) is 0.498. The number of anilines is 1. The Morgan fingerprint density at radius 1 is 1.24 bits per heavy atom. The van der Waals surface area contributed by atoms with Crippen LogP contribution < -0.4 is 16.2 Å². The number of nitrogens with zero attached hydrogens (tertiary/aromatic N) is 3. The number of carboxylic acid groups (broad SMARTS) is 1. The van der Waals surface area contributed by atoms with E-state index in [2.05, 4.69) is 15.6 Å². The smallest absolute Gasteiger partial charge is 0.319 e. The van der Waals surface area contributed by atoms with E-state index in [1.165, 1.54) is 23.9 Å².